The molecule has 1 rings (SSSR count). The first-order chi connectivity index (χ1) is 5.54. The van der Waals surface area contributed by atoms with Gasteiger partial charge in [0.05, 0.1) is 6.61 Å². The highest BCUT2D eigenvalue weighted by atomic mass is 16.5. The van der Waals surface area contributed by atoms with Gasteiger partial charge in [-0.25, -0.2) is 4.79 Å². The third kappa shape index (κ3) is 1.61. The lowest BCUT2D eigenvalue weighted by atomic mass is 9.80. The Kier molecular flexibility index (Phi) is 2.73. The van der Waals surface area contributed by atoms with Crippen LogP contribution in [-0.4, -0.2) is 23.8 Å². The summed E-state index contributed by atoms with van der Waals surface area (Å²) in [4.78, 5) is 10.7. The molecule has 4 atom stereocenters. The molecular formula is C9H16O3. The summed E-state index contributed by atoms with van der Waals surface area (Å²) in [6.07, 6.45) is -0.601. The molecule has 0 bridgehead atoms. The van der Waals surface area contributed by atoms with E-state index in [1.54, 1.807) is 0 Å². The monoisotopic (exact) mass is 172 g/mol. The number of aliphatic carboxylic acids is 1. The average molecular weight is 172 g/mol. The van der Waals surface area contributed by atoms with E-state index in [4.69, 9.17) is 9.84 Å². The smallest absolute Gasteiger partial charge is 0.333 e. The van der Waals surface area contributed by atoms with Crippen LogP contribution in [0.2, 0.25) is 0 Å². The zero-order valence-electron chi connectivity index (χ0n) is 7.78. The highest BCUT2D eigenvalue weighted by Gasteiger charge is 2.36. The molecule has 12 heavy (non-hydrogen) atoms. The van der Waals surface area contributed by atoms with Crippen LogP contribution in [0.25, 0.3) is 0 Å². The van der Waals surface area contributed by atoms with Crippen molar-refractivity contribution in [3.05, 3.63) is 0 Å². The lowest BCUT2D eigenvalue weighted by Crippen LogP contribution is -2.43. The molecule has 1 aliphatic rings. The number of carbonyl (C=O) groups is 1. The number of rotatable bonds is 1. The summed E-state index contributed by atoms with van der Waals surface area (Å²) in [6.45, 7) is 6.70. The van der Waals surface area contributed by atoms with Crippen molar-refractivity contribution in [3.8, 4) is 0 Å². The molecule has 70 valence electrons. The maximum atomic E-state index is 10.7. The second-order valence-corrected chi connectivity index (χ2v) is 3.79. The normalized spacial score (nSPS) is 42.6. The topological polar surface area (TPSA) is 46.5 Å². The summed E-state index contributed by atoms with van der Waals surface area (Å²) >= 11 is 0. The van der Waals surface area contributed by atoms with E-state index in [2.05, 4.69) is 13.8 Å². The number of hydrogen-bond donors (Lipinski definition) is 1. The number of carboxylic acids is 1. The Labute approximate surface area is 72.7 Å². The van der Waals surface area contributed by atoms with Gasteiger partial charge in [-0.2, -0.15) is 0 Å². The van der Waals surface area contributed by atoms with Crippen molar-refractivity contribution in [2.45, 2.75) is 26.9 Å². The maximum absolute atomic E-state index is 10.7. The predicted octanol–water partition coefficient (Wildman–Crippen LogP) is 1.38. The van der Waals surface area contributed by atoms with Gasteiger partial charge in [0.2, 0.25) is 0 Å². The Hall–Kier alpha value is -0.570. The number of hydrogen-bond acceptors (Lipinski definition) is 2. The van der Waals surface area contributed by atoms with E-state index in [1.165, 1.54) is 0 Å². The van der Waals surface area contributed by atoms with Crippen molar-refractivity contribution < 1.29 is 14.6 Å². The van der Waals surface area contributed by atoms with E-state index in [9.17, 15) is 4.79 Å². The van der Waals surface area contributed by atoms with Crippen LogP contribution in [0.5, 0.6) is 0 Å². The van der Waals surface area contributed by atoms with E-state index in [0.29, 0.717) is 18.4 Å². The molecule has 3 nitrogen and oxygen atoms in total. The summed E-state index contributed by atoms with van der Waals surface area (Å²) in [5, 5.41) is 8.79. The Bertz CT molecular complexity index is 179. The maximum Gasteiger partial charge on any atom is 0.333 e. The molecule has 0 saturated carbocycles. The summed E-state index contributed by atoms with van der Waals surface area (Å²) in [5.74, 6) is 0.183. The Morgan fingerprint density at radius 3 is 2.42 bits per heavy atom. The summed E-state index contributed by atoms with van der Waals surface area (Å²) in [6, 6.07) is 0. The predicted molar refractivity (Wildman–Crippen MR) is 44.9 cm³/mol. The quantitative estimate of drug-likeness (QED) is 0.650. The molecule has 0 aromatic heterocycles. The van der Waals surface area contributed by atoms with Crippen LogP contribution in [-0.2, 0) is 9.53 Å². The fraction of sp³-hybridized carbons (Fsp3) is 0.889. The Morgan fingerprint density at radius 2 is 1.92 bits per heavy atom. The zero-order valence-corrected chi connectivity index (χ0v) is 7.78. The third-order valence-corrected chi connectivity index (χ3v) is 2.99. The van der Waals surface area contributed by atoms with Crippen LogP contribution >= 0.6 is 0 Å². The second-order valence-electron chi connectivity index (χ2n) is 3.79. The highest BCUT2D eigenvalue weighted by Crippen LogP contribution is 2.30. The largest absolute Gasteiger partial charge is 0.479 e. The molecule has 1 heterocycles. The van der Waals surface area contributed by atoms with Gasteiger partial charge in [0.1, 0.15) is 0 Å². The second kappa shape index (κ2) is 3.44. The lowest BCUT2D eigenvalue weighted by molar-refractivity contribution is -0.164. The van der Waals surface area contributed by atoms with Crippen LogP contribution in [0.3, 0.4) is 0 Å². The summed E-state index contributed by atoms with van der Waals surface area (Å²) in [5.41, 5.74) is 0. The van der Waals surface area contributed by atoms with Crippen LogP contribution in [0.1, 0.15) is 20.8 Å². The molecular weight excluding hydrogens is 156 g/mol. The molecule has 1 N–H and O–H groups in total. The summed E-state index contributed by atoms with van der Waals surface area (Å²) < 4.78 is 5.23. The van der Waals surface area contributed by atoms with Crippen LogP contribution in [0.15, 0.2) is 0 Å². The van der Waals surface area contributed by atoms with E-state index >= 15 is 0 Å². The minimum absolute atomic E-state index is 0.117. The van der Waals surface area contributed by atoms with Crippen LogP contribution < -0.4 is 0 Å². The first-order valence-electron chi connectivity index (χ1n) is 4.38. The molecule has 1 saturated heterocycles. The van der Waals surface area contributed by atoms with E-state index < -0.39 is 12.1 Å². The molecule has 0 spiro atoms. The van der Waals surface area contributed by atoms with Gasteiger partial charge in [-0.05, 0) is 17.8 Å². The molecule has 0 radical (unpaired) electrons. The van der Waals surface area contributed by atoms with Gasteiger partial charge in [0.25, 0.3) is 0 Å². The van der Waals surface area contributed by atoms with Crippen LogP contribution in [0, 0.1) is 17.8 Å². The Balaban J connectivity index is 2.65. The van der Waals surface area contributed by atoms with Gasteiger partial charge in [0.15, 0.2) is 6.10 Å². The molecule has 3 heteroatoms. The fourth-order valence-corrected chi connectivity index (χ4v) is 1.65. The molecule has 0 aromatic carbocycles. The molecule has 0 aliphatic carbocycles. The fourth-order valence-electron chi connectivity index (χ4n) is 1.65. The molecule has 0 aromatic rings. The van der Waals surface area contributed by atoms with E-state index in [-0.39, 0.29) is 5.92 Å². The van der Waals surface area contributed by atoms with Crippen molar-refractivity contribution in [1.29, 1.82) is 0 Å². The average Bonchev–Trinajstić information content (AvgIpc) is 2.00. The minimum atomic E-state index is -0.832. The highest BCUT2D eigenvalue weighted by molar-refractivity contribution is 5.72. The number of carboxylic acid groups (broad SMARTS) is 1. The van der Waals surface area contributed by atoms with Crippen molar-refractivity contribution in [2.75, 3.05) is 6.61 Å². The number of ether oxygens (including phenoxy) is 1. The summed E-state index contributed by atoms with van der Waals surface area (Å²) in [7, 11) is 0. The van der Waals surface area contributed by atoms with Crippen molar-refractivity contribution in [2.24, 2.45) is 17.8 Å². The first kappa shape index (κ1) is 9.52. The van der Waals surface area contributed by atoms with Crippen molar-refractivity contribution in [1.82, 2.24) is 0 Å². The molecule has 4 unspecified atom stereocenters. The third-order valence-electron chi connectivity index (χ3n) is 2.99. The molecule has 1 fully saturated rings. The van der Waals surface area contributed by atoms with E-state index in [0.717, 1.165) is 0 Å². The zero-order chi connectivity index (χ0) is 9.30. The SMILES string of the molecule is CC1COC(C(=O)O)C(C)C1C. The molecule has 1 aliphatic heterocycles. The lowest BCUT2D eigenvalue weighted by Gasteiger charge is -2.36. The van der Waals surface area contributed by atoms with Gasteiger partial charge in [-0.15, -0.1) is 0 Å². The van der Waals surface area contributed by atoms with Gasteiger partial charge in [-0.1, -0.05) is 20.8 Å². The minimum Gasteiger partial charge on any atom is -0.479 e. The Morgan fingerprint density at radius 1 is 1.33 bits per heavy atom. The molecule has 0 amide bonds. The van der Waals surface area contributed by atoms with Gasteiger partial charge in [0, 0.05) is 0 Å². The van der Waals surface area contributed by atoms with Gasteiger partial charge in [-0.3, -0.25) is 0 Å². The first-order valence-corrected chi connectivity index (χ1v) is 4.38. The van der Waals surface area contributed by atoms with Crippen LogP contribution in [0.4, 0.5) is 0 Å². The van der Waals surface area contributed by atoms with Gasteiger partial charge >= 0.3 is 5.97 Å². The van der Waals surface area contributed by atoms with Gasteiger partial charge < -0.3 is 9.84 Å². The standard InChI is InChI=1S/C9H16O3/c1-5-4-12-8(9(10)11)7(3)6(5)2/h5-8H,4H2,1-3H3,(H,10,11). The van der Waals surface area contributed by atoms with Crippen molar-refractivity contribution >= 4 is 5.97 Å². The van der Waals surface area contributed by atoms with E-state index in [1.807, 2.05) is 6.92 Å². The van der Waals surface area contributed by atoms with Crippen molar-refractivity contribution in [3.63, 3.8) is 0 Å².